The van der Waals surface area contributed by atoms with Crippen LogP contribution < -0.4 is 4.90 Å². The van der Waals surface area contributed by atoms with E-state index < -0.39 is 21.9 Å². The zero-order chi connectivity index (χ0) is 24.8. The average molecular weight is 524 g/mol. The lowest BCUT2D eigenvalue weighted by Gasteiger charge is -2.51. The van der Waals surface area contributed by atoms with Crippen LogP contribution in [0.4, 0.5) is 14.5 Å². The molecule has 2 bridgehead atoms. The molecule has 192 valence electrons. The third kappa shape index (κ3) is 5.15. The van der Waals surface area contributed by atoms with Crippen molar-refractivity contribution in [3.05, 3.63) is 47.3 Å². The number of benzene rings is 1. The van der Waals surface area contributed by atoms with E-state index in [2.05, 4.69) is 9.80 Å². The Balaban J connectivity index is 1.42. The Bertz CT molecular complexity index is 1090. The Labute approximate surface area is 211 Å². The molecule has 35 heavy (non-hydrogen) atoms. The molecule has 3 aliphatic rings. The Morgan fingerprint density at radius 3 is 2.34 bits per heavy atom. The van der Waals surface area contributed by atoms with Crippen LogP contribution in [0.25, 0.3) is 0 Å². The van der Waals surface area contributed by atoms with Gasteiger partial charge in [0.25, 0.3) is 10.0 Å². The molecule has 0 radical (unpaired) electrons. The van der Waals surface area contributed by atoms with Crippen molar-refractivity contribution in [3.8, 4) is 0 Å². The molecule has 0 aliphatic carbocycles. The van der Waals surface area contributed by atoms with Crippen molar-refractivity contribution in [1.82, 2.24) is 9.21 Å². The summed E-state index contributed by atoms with van der Waals surface area (Å²) in [4.78, 5) is 4.73. The summed E-state index contributed by atoms with van der Waals surface area (Å²) in [6.45, 7) is 5.13. The molecule has 3 aliphatic heterocycles. The summed E-state index contributed by atoms with van der Waals surface area (Å²) in [5.41, 5.74) is 0.178. The van der Waals surface area contributed by atoms with Gasteiger partial charge in [-0.1, -0.05) is 24.6 Å². The van der Waals surface area contributed by atoms with Crippen LogP contribution in [0.15, 0.2) is 46.0 Å². The van der Waals surface area contributed by atoms with Crippen molar-refractivity contribution in [1.29, 1.82) is 0 Å². The van der Waals surface area contributed by atoms with E-state index in [1.165, 1.54) is 11.3 Å². The first-order valence-electron chi connectivity index (χ1n) is 12.6. The Morgan fingerprint density at radius 2 is 1.74 bits per heavy atom. The van der Waals surface area contributed by atoms with E-state index >= 15 is 0 Å². The molecule has 0 amide bonds. The third-order valence-corrected chi connectivity index (χ3v) is 11.1. The van der Waals surface area contributed by atoms with Gasteiger partial charge in [-0.25, -0.2) is 17.2 Å². The number of nitrogens with zero attached hydrogens (tertiary/aromatic N) is 3. The molecule has 0 saturated carbocycles. The quantitative estimate of drug-likeness (QED) is 0.523. The smallest absolute Gasteiger partial charge is 0.252 e. The summed E-state index contributed by atoms with van der Waals surface area (Å²) in [5, 5.41) is 1.79. The van der Waals surface area contributed by atoms with E-state index in [4.69, 9.17) is 0 Å². The van der Waals surface area contributed by atoms with Crippen LogP contribution >= 0.6 is 11.3 Å². The SMILES string of the molecule is CC(C)(F)c1ccc(N2CCN(S(=O)(=O)c3cccs3)C[C@@H]2CN2C3CCCC2CC(F)C3)cc1. The number of hydrogen-bond acceptors (Lipinski definition) is 5. The number of thiophene rings is 1. The lowest BCUT2D eigenvalue weighted by Crippen LogP contribution is -2.62. The molecule has 5 nitrogen and oxygen atoms in total. The summed E-state index contributed by atoms with van der Waals surface area (Å²) in [6.07, 6.45) is 3.53. The van der Waals surface area contributed by atoms with Crippen molar-refractivity contribution in [2.75, 3.05) is 31.1 Å². The molecule has 3 saturated heterocycles. The molecule has 1 aromatic heterocycles. The zero-order valence-corrected chi connectivity index (χ0v) is 22.1. The van der Waals surface area contributed by atoms with Crippen LogP contribution in [0.2, 0.25) is 0 Å². The van der Waals surface area contributed by atoms with Crippen LogP contribution in [0, 0.1) is 0 Å². The number of sulfonamides is 1. The molecule has 1 aromatic carbocycles. The second-order valence-electron chi connectivity index (χ2n) is 10.7. The third-order valence-electron chi connectivity index (χ3n) is 7.91. The van der Waals surface area contributed by atoms with Gasteiger partial charge in [-0.05, 0) is 68.7 Å². The number of rotatable bonds is 6. The highest BCUT2D eigenvalue weighted by Gasteiger charge is 2.42. The average Bonchev–Trinajstić information content (AvgIpc) is 3.35. The van der Waals surface area contributed by atoms with Gasteiger partial charge in [0, 0.05) is 44.0 Å². The first kappa shape index (κ1) is 25.1. The van der Waals surface area contributed by atoms with Gasteiger partial charge < -0.3 is 4.90 Å². The van der Waals surface area contributed by atoms with Crippen LogP contribution in [0.1, 0.15) is 51.5 Å². The maximum atomic E-state index is 14.4. The number of piperazine rings is 1. The number of anilines is 1. The van der Waals surface area contributed by atoms with Crippen molar-refractivity contribution >= 4 is 27.0 Å². The second kappa shape index (κ2) is 9.72. The lowest BCUT2D eigenvalue weighted by molar-refractivity contribution is -0.00347. The first-order valence-corrected chi connectivity index (χ1v) is 14.9. The van der Waals surface area contributed by atoms with E-state index in [-0.39, 0.29) is 18.1 Å². The highest BCUT2D eigenvalue weighted by Crippen LogP contribution is 2.37. The van der Waals surface area contributed by atoms with E-state index in [0.29, 0.717) is 48.8 Å². The minimum Gasteiger partial charge on any atom is -0.365 e. The molecule has 5 rings (SSSR count). The van der Waals surface area contributed by atoms with Gasteiger partial charge >= 0.3 is 0 Å². The van der Waals surface area contributed by atoms with Gasteiger partial charge in [0.05, 0.1) is 6.04 Å². The summed E-state index contributed by atoms with van der Waals surface area (Å²) in [6, 6.07) is 11.3. The summed E-state index contributed by atoms with van der Waals surface area (Å²) in [7, 11) is -3.55. The van der Waals surface area contributed by atoms with Crippen LogP contribution in [-0.2, 0) is 15.7 Å². The minimum atomic E-state index is -3.55. The van der Waals surface area contributed by atoms with Crippen LogP contribution in [0.5, 0.6) is 0 Å². The Morgan fingerprint density at radius 1 is 1.06 bits per heavy atom. The van der Waals surface area contributed by atoms with E-state index in [0.717, 1.165) is 24.9 Å². The number of alkyl halides is 2. The number of hydrogen-bond donors (Lipinski definition) is 0. The Hall–Kier alpha value is -1.55. The topological polar surface area (TPSA) is 43.9 Å². The number of piperidine rings is 2. The second-order valence-corrected chi connectivity index (χ2v) is 13.8. The molecule has 2 aromatic rings. The predicted octanol–water partition coefficient (Wildman–Crippen LogP) is 5.19. The van der Waals surface area contributed by atoms with E-state index in [1.54, 1.807) is 35.7 Å². The van der Waals surface area contributed by atoms with Crippen molar-refractivity contribution < 1.29 is 17.2 Å². The van der Waals surface area contributed by atoms with Crippen LogP contribution in [0.3, 0.4) is 0 Å². The van der Waals surface area contributed by atoms with Crippen molar-refractivity contribution in [3.63, 3.8) is 0 Å². The van der Waals surface area contributed by atoms with Gasteiger partial charge in [-0.3, -0.25) is 4.90 Å². The zero-order valence-electron chi connectivity index (χ0n) is 20.4. The molecular formula is C26H35F2N3O2S2. The normalized spacial score (nSPS) is 28.9. The highest BCUT2D eigenvalue weighted by molar-refractivity contribution is 7.91. The van der Waals surface area contributed by atoms with Gasteiger partial charge in [0.1, 0.15) is 16.0 Å². The van der Waals surface area contributed by atoms with Gasteiger partial charge in [-0.2, -0.15) is 4.31 Å². The van der Waals surface area contributed by atoms with Gasteiger partial charge in [-0.15, -0.1) is 11.3 Å². The predicted molar refractivity (Wildman–Crippen MR) is 137 cm³/mol. The summed E-state index contributed by atoms with van der Waals surface area (Å²) < 4.78 is 57.4. The summed E-state index contributed by atoms with van der Waals surface area (Å²) in [5.74, 6) is 0. The minimum absolute atomic E-state index is 0.0676. The molecular weight excluding hydrogens is 488 g/mol. The molecule has 4 heterocycles. The molecule has 2 unspecified atom stereocenters. The van der Waals surface area contributed by atoms with E-state index in [9.17, 15) is 17.2 Å². The van der Waals surface area contributed by atoms with Crippen LogP contribution in [-0.4, -0.2) is 68.1 Å². The van der Waals surface area contributed by atoms with E-state index in [1.807, 2.05) is 24.3 Å². The van der Waals surface area contributed by atoms with Gasteiger partial charge in [0.15, 0.2) is 0 Å². The maximum absolute atomic E-state index is 14.4. The number of halogens is 2. The number of fused-ring (bicyclic) bond motifs is 2. The molecule has 3 fully saturated rings. The van der Waals surface area contributed by atoms with Crippen molar-refractivity contribution in [2.45, 2.75) is 80.1 Å². The standard InChI is InChI=1S/C26H35F2N3O2S2/c1-26(2,28)19-8-10-21(11-9-19)30-13-12-29(35(32,33)25-7-4-14-34-25)17-24(30)18-31-22-5-3-6-23(31)16-20(27)15-22/h4,7-11,14,20,22-24H,3,5-6,12-13,15-18H2,1-2H3/t20?,22?,23?,24-/m1/s1. The Kier molecular flexibility index (Phi) is 6.98. The monoisotopic (exact) mass is 523 g/mol. The summed E-state index contributed by atoms with van der Waals surface area (Å²) >= 11 is 1.24. The highest BCUT2D eigenvalue weighted by atomic mass is 32.2. The largest absolute Gasteiger partial charge is 0.365 e. The molecule has 3 atom stereocenters. The fourth-order valence-corrected chi connectivity index (χ4v) is 8.69. The lowest BCUT2D eigenvalue weighted by atomic mass is 9.83. The molecule has 0 spiro atoms. The van der Waals surface area contributed by atoms with Crippen molar-refractivity contribution in [2.24, 2.45) is 0 Å². The van der Waals surface area contributed by atoms with Gasteiger partial charge in [0.2, 0.25) is 0 Å². The molecule has 9 heteroatoms. The fourth-order valence-electron chi connectivity index (χ4n) is 6.08. The first-order chi connectivity index (χ1) is 16.6. The maximum Gasteiger partial charge on any atom is 0.252 e. The molecule has 0 N–H and O–H groups in total. The fraction of sp³-hybridized carbons (Fsp3) is 0.615.